The summed E-state index contributed by atoms with van der Waals surface area (Å²) in [6.07, 6.45) is 0.383. The van der Waals surface area contributed by atoms with Crippen LogP contribution in [0.5, 0.6) is 0 Å². The molecule has 0 radical (unpaired) electrons. The maximum Gasteiger partial charge on any atom is 0.276 e. The number of carbonyl (C=O) groups excluding carboxylic acids is 1. The van der Waals surface area contributed by atoms with Crippen molar-refractivity contribution >= 4 is 15.7 Å². The summed E-state index contributed by atoms with van der Waals surface area (Å²) in [7, 11) is -3.18. The van der Waals surface area contributed by atoms with Crippen LogP contribution in [0.4, 0.5) is 4.39 Å². The molecule has 3 aromatic rings. The predicted octanol–water partition coefficient (Wildman–Crippen LogP) is 3.93. The Bertz CT molecular complexity index is 1220. The number of aryl methyl sites for hydroxylation is 2. The van der Waals surface area contributed by atoms with Gasteiger partial charge in [-0.3, -0.25) is 4.79 Å². The number of nitrogens with zero attached hydrogens (tertiary/aromatic N) is 2. The van der Waals surface area contributed by atoms with E-state index in [0.717, 1.165) is 11.1 Å². The Morgan fingerprint density at radius 1 is 1.16 bits per heavy atom. The van der Waals surface area contributed by atoms with Crippen LogP contribution in [0.1, 0.15) is 33.6 Å². The molecule has 1 amide bonds. The molecule has 0 N–H and O–H groups in total. The van der Waals surface area contributed by atoms with Gasteiger partial charge in [-0.25, -0.2) is 12.8 Å². The number of carbonyl (C=O) groups is 1. The van der Waals surface area contributed by atoms with Crippen LogP contribution in [0.3, 0.4) is 0 Å². The van der Waals surface area contributed by atoms with Crippen LogP contribution in [0.15, 0.2) is 53.1 Å². The van der Waals surface area contributed by atoms with Crippen molar-refractivity contribution in [2.45, 2.75) is 32.9 Å². The van der Waals surface area contributed by atoms with E-state index in [0.29, 0.717) is 17.5 Å². The normalized spacial score (nSPS) is 17.6. The van der Waals surface area contributed by atoms with Crippen LogP contribution in [-0.2, 0) is 16.4 Å². The van der Waals surface area contributed by atoms with E-state index >= 15 is 0 Å². The third-order valence-electron chi connectivity index (χ3n) is 5.57. The van der Waals surface area contributed by atoms with E-state index in [4.69, 9.17) is 4.52 Å². The predicted molar refractivity (Wildman–Crippen MR) is 115 cm³/mol. The highest BCUT2D eigenvalue weighted by Crippen LogP contribution is 2.26. The lowest BCUT2D eigenvalue weighted by molar-refractivity contribution is 0.0670. The maximum atomic E-state index is 13.9. The Kier molecular flexibility index (Phi) is 5.66. The summed E-state index contributed by atoms with van der Waals surface area (Å²) < 4.78 is 43.3. The van der Waals surface area contributed by atoms with Gasteiger partial charge in [0.1, 0.15) is 5.82 Å². The van der Waals surface area contributed by atoms with Crippen molar-refractivity contribution in [3.8, 4) is 11.3 Å². The second-order valence-corrected chi connectivity index (χ2v) is 10.2. The second kappa shape index (κ2) is 8.26. The summed E-state index contributed by atoms with van der Waals surface area (Å²) in [5.74, 6) is -0.527. The van der Waals surface area contributed by atoms with Crippen LogP contribution < -0.4 is 0 Å². The van der Waals surface area contributed by atoms with Gasteiger partial charge in [0.05, 0.1) is 11.5 Å². The molecule has 4 rings (SSSR count). The minimum Gasteiger partial charge on any atom is -0.355 e. The van der Waals surface area contributed by atoms with Crippen molar-refractivity contribution in [2.75, 3.05) is 11.5 Å². The molecule has 1 aliphatic heterocycles. The molecular weight excluding hydrogens is 419 g/mol. The fourth-order valence-electron chi connectivity index (χ4n) is 3.68. The highest BCUT2D eigenvalue weighted by molar-refractivity contribution is 7.91. The SMILES string of the molecule is Cc1ccc(CN(C(=O)c2cc(-c3ccc(C)c(F)c3)on2)C2CCS(=O)(=O)C2)cc1. The zero-order valence-corrected chi connectivity index (χ0v) is 18.2. The number of hydrogen-bond acceptors (Lipinski definition) is 5. The van der Waals surface area contributed by atoms with Gasteiger partial charge in [-0.1, -0.05) is 47.1 Å². The number of rotatable bonds is 5. The molecule has 0 bridgehead atoms. The first-order valence-electron chi connectivity index (χ1n) is 10.0. The first-order chi connectivity index (χ1) is 14.7. The van der Waals surface area contributed by atoms with E-state index in [1.807, 2.05) is 31.2 Å². The zero-order chi connectivity index (χ0) is 22.2. The van der Waals surface area contributed by atoms with Crippen molar-refractivity contribution in [3.05, 3.63) is 76.7 Å². The summed E-state index contributed by atoms with van der Waals surface area (Å²) in [5.41, 5.74) is 3.03. The van der Waals surface area contributed by atoms with Gasteiger partial charge in [0, 0.05) is 24.2 Å². The van der Waals surface area contributed by atoms with Gasteiger partial charge in [-0.05, 0) is 37.5 Å². The quantitative estimate of drug-likeness (QED) is 0.598. The fourth-order valence-corrected chi connectivity index (χ4v) is 5.41. The van der Waals surface area contributed by atoms with Crippen LogP contribution in [0.25, 0.3) is 11.3 Å². The van der Waals surface area contributed by atoms with E-state index in [-0.39, 0.29) is 35.3 Å². The number of amides is 1. The molecule has 1 saturated heterocycles. The molecule has 162 valence electrons. The Balaban J connectivity index is 1.63. The lowest BCUT2D eigenvalue weighted by Crippen LogP contribution is -2.40. The van der Waals surface area contributed by atoms with Crippen molar-refractivity contribution < 1.29 is 22.1 Å². The number of benzene rings is 2. The van der Waals surface area contributed by atoms with Crippen molar-refractivity contribution in [1.29, 1.82) is 0 Å². The van der Waals surface area contributed by atoms with Crippen LogP contribution in [0, 0.1) is 19.7 Å². The van der Waals surface area contributed by atoms with Crippen molar-refractivity contribution in [2.24, 2.45) is 0 Å². The lowest BCUT2D eigenvalue weighted by Gasteiger charge is -2.27. The molecule has 0 aliphatic carbocycles. The maximum absolute atomic E-state index is 13.9. The summed E-state index contributed by atoms with van der Waals surface area (Å²) >= 11 is 0. The topological polar surface area (TPSA) is 80.5 Å². The average Bonchev–Trinajstić information content (AvgIpc) is 3.36. The summed E-state index contributed by atoms with van der Waals surface area (Å²) in [6.45, 7) is 3.90. The Hall–Kier alpha value is -3.00. The molecule has 0 spiro atoms. The molecular formula is C23H23FN2O4S. The smallest absolute Gasteiger partial charge is 0.276 e. The standard InChI is InChI=1S/C23H23FN2O4S/c1-15-3-6-17(7-4-15)13-26(19-9-10-31(28,29)14-19)23(27)21-12-22(30-25-21)18-8-5-16(2)20(24)11-18/h3-8,11-12,19H,9-10,13-14H2,1-2H3. The van der Waals surface area contributed by atoms with Crippen LogP contribution in [0.2, 0.25) is 0 Å². The number of halogens is 1. The van der Waals surface area contributed by atoms with Gasteiger partial charge in [0.25, 0.3) is 5.91 Å². The zero-order valence-electron chi connectivity index (χ0n) is 17.3. The van der Waals surface area contributed by atoms with Gasteiger partial charge in [0.15, 0.2) is 21.3 Å². The number of sulfone groups is 1. The monoisotopic (exact) mass is 442 g/mol. The summed E-state index contributed by atoms with van der Waals surface area (Å²) in [5, 5.41) is 3.89. The third kappa shape index (κ3) is 4.69. The van der Waals surface area contributed by atoms with Gasteiger partial charge >= 0.3 is 0 Å². The molecule has 1 aromatic heterocycles. The van der Waals surface area contributed by atoms with Crippen molar-refractivity contribution in [3.63, 3.8) is 0 Å². The van der Waals surface area contributed by atoms with Crippen LogP contribution in [-0.4, -0.2) is 41.9 Å². The van der Waals surface area contributed by atoms with E-state index in [9.17, 15) is 17.6 Å². The summed E-state index contributed by atoms with van der Waals surface area (Å²) in [4.78, 5) is 14.9. The van der Waals surface area contributed by atoms with E-state index in [2.05, 4.69) is 5.16 Å². The van der Waals surface area contributed by atoms with E-state index in [1.54, 1.807) is 24.0 Å². The molecule has 1 aliphatic rings. The van der Waals surface area contributed by atoms with Gasteiger partial charge < -0.3 is 9.42 Å². The third-order valence-corrected chi connectivity index (χ3v) is 7.32. The largest absolute Gasteiger partial charge is 0.355 e. The molecule has 1 unspecified atom stereocenters. The molecule has 1 atom stereocenters. The minimum absolute atomic E-state index is 0.0576. The molecule has 31 heavy (non-hydrogen) atoms. The molecule has 1 fully saturated rings. The summed E-state index contributed by atoms with van der Waals surface area (Å²) in [6, 6.07) is 13.4. The molecule has 8 heteroatoms. The molecule has 2 aromatic carbocycles. The molecule has 2 heterocycles. The average molecular weight is 443 g/mol. The first-order valence-corrected chi connectivity index (χ1v) is 11.8. The number of aromatic nitrogens is 1. The minimum atomic E-state index is -3.18. The molecule has 6 nitrogen and oxygen atoms in total. The molecule has 0 saturated carbocycles. The Labute approximate surface area is 180 Å². The lowest BCUT2D eigenvalue weighted by atomic mass is 10.1. The highest BCUT2D eigenvalue weighted by atomic mass is 32.2. The fraction of sp³-hybridized carbons (Fsp3) is 0.304. The Morgan fingerprint density at radius 3 is 2.55 bits per heavy atom. The van der Waals surface area contributed by atoms with Gasteiger partial charge in [-0.15, -0.1) is 0 Å². The Morgan fingerprint density at radius 2 is 1.90 bits per heavy atom. The number of hydrogen-bond donors (Lipinski definition) is 0. The van der Waals surface area contributed by atoms with Gasteiger partial charge in [0.2, 0.25) is 0 Å². The first kappa shape index (κ1) is 21.2. The van der Waals surface area contributed by atoms with Crippen molar-refractivity contribution in [1.82, 2.24) is 10.1 Å². The van der Waals surface area contributed by atoms with Gasteiger partial charge in [-0.2, -0.15) is 0 Å². The second-order valence-electron chi connectivity index (χ2n) is 8.02. The van der Waals surface area contributed by atoms with E-state index < -0.39 is 21.8 Å². The van der Waals surface area contributed by atoms with Crippen LogP contribution >= 0.6 is 0 Å². The van der Waals surface area contributed by atoms with E-state index in [1.165, 1.54) is 12.1 Å². The highest BCUT2D eigenvalue weighted by Gasteiger charge is 2.36.